The molecule has 2 N–H and O–H groups in total. The predicted octanol–water partition coefficient (Wildman–Crippen LogP) is 3.18. The van der Waals surface area contributed by atoms with Crippen LogP contribution in [0.3, 0.4) is 0 Å². The molecule has 84 valence electrons. The van der Waals surface area contributed by atoms with E-state index in [1.54, 1.807) is 18.2 Å². The van der Waals surface area contributed by atoms with Crippen LogP contribution < -0.4 is 0 Å². The number of aliphatic hydroxyl groups is 1. The molecule has 0 atom stereocenters. The first kappa shape index (κ1) is 11.5. The standard InChI is InChI=1S/C11H10Cl2N2O/c1-6-10(5-16)15-11(14-6)8-3-2-7(12)4-9(8)13/h2-4,16H,5H2,1H3,(H,14,15). The van der Waals surface area contributed by atoms with Crippen molar-refractivity contribution in [3.63, 3.8) is 0 Å². The molecule has 0 fully saturated rings. The van der Waals surface area contributed by atoms with Crippen molar-refractivity contribution in [2.75, 3.05) is 0 Å². The highest BCUT2D eigenvalue weighted by molar-refractivity contribution is 6.36. The van der Waals surface area contributed by atoms with Gasteiger partial charge in [-0.1, -0.05) is 23.2 Å². The number of nitrogens with zero attached hydrogens (tertiary/aromatic N) is 1. The molecular weight excluding hydrogens is 247 g/mol. The van der Waals surface area contributed by atoms with Crippen LogP contribution in [0.5, 0.6) is 0 Å². The molecule has 0 unspecified atom stereocenters. The Bertz CT molecular complexity index is 523. The summed E-state index contributed by atoms with van der Waals surface area (Å²) in [5.74, 6) is 0.642. The number of halogens is 2. The van der Waals surface area contributed by atoms with Gasteiger partial charge in [0, 0.05) is 16.3 Å². The van der Waals surface area contributed by atoms with E-state index in [-0.39, 0.29) is 6.61 Å². The Morgan fingerprint density at radius 3 is 2.69 bits per heavy atom. The van der Waals surface area contributed by atoms with E-state index < -0.39 is 0 Å². The summed E-state index contributed by atoms with van der Waals surface area (Å²) in [7, 11) is 0. The molecule has 0 aliphatic heterocycles. The molecule has 0 radical (unpaired) electrons. The lowest BCUT2D eigenvalue weighted by molar-refractivity contribution is 0.276. The lowest BCUT2D eigenvalue weighted by Gasteiger charge is -2.00. The zero-order valence-corrected chi connectivity index (χ0v) is 10.1. The molecule has 0 aliphatic rings. The van der Waals surface area contributed by atoms with Gasteiger partial charge in [-0.3, -0.25) is 0 Å². The van der Waals surface area contributed by atoms with Gasteiger partial charge in [0.05, 0.1) is 17.3 Å². The molecule has 1 heterocycles. The van der Waals surface area contributed by atoms with Crippen LogP contribution in [0.4, 0.5) is 0 Å². The van der Waals surface area contributed by atoms with Gasteiger partial charge in [-0.15, -0.1) is 0 Å². The molecule has 0 amide bonds. The summed E-state index contributed by atoms with van der Waals surface area (Å²) < 4.78 is 0. The normalized spacial score (nSPS) is 10.8. The number of hydrogen-bond donors (Lipinski definition) is 2. The second kappa shape index (κ2) is 4.45. The van der Waals surface area contributed by atoms with Crippen LogP contribution in [0.1, 0.15) is 11.4 Å². The van der Waals surface area contributed by atoms with Crippen molar-refractivity contribution in [2.24, 2.45) is 0 Å². The van der Waals surface area contributed by atoms with Crippen molar-refractivity contribution in [3.05, 3.63) is 39.6 Å². The number of rotatable bonds is 2. The average Bonchev–Trinajstić information content (AvgIpc) is 2.59. The summed E-state index contributed by atoms with van der Waals surface area (Å²) in [5, 5.41) is 10.2. The summed E-state index contributed by atoms with van der Waals surface area (Å²) in [6.07, 6.45) is 0. The Labute approximate surface area is 103 Å². The van der Waals surface area contributed by atoms with Gasteiger partial charge >= 0.3 is 0 Å². The van der Waals surface area contributed by atoms with Crippen molar-refractivity contribution < 1.29 is 5.11 Å². The molecular formula is C11H10Cl2N2O. The summed E-state index contributed by atoms with van der Waals surface area (Å²) >= 11 is 11.9. The maximum Gasteiger partial charge on any atom is 0.139 e. The maximum absolute atomic E-state index is 9.06. The van der Waals surface area contributed by atoms with E-state index in [2.05, 4.69) is 9.97 Å². The Morgan fingerprint density at radius 1 is 1.38 bits per heavy atom. The number of aliphatic hydroxyl groups excluding tert-OH is 1. The van der Waals surface area contributed by atoms with E-state index in [1.165, 1.54) is 0 Å². The topological polar surface area (TPSA) is 48.9 Å². The number of hydrogen-bond acceptors (Lipinski definition) is 2. The van der Waals surface area contributed by atoms with Gasteiger partial charge in [0.1, 0.15) is 5.82 Å². The third-order valence-electron chi connectivity index (χ3n) is 2.32. The lowest BCUT2D eigenvalue weighted by atomic mass is 10.2. The van der Waals surface area contributed by atoms with Gasteiger partial charge in [-0.2, -0.15) is 0 Å². The molecule has 2 rings (SSSR count). The number of aromatic nitrogens is 2. The van der Waals surface area contributed by atoms with Crippen LogP contribution in [0.25, 0.3) is 11.4 Å². The number of benzene rings is 1. The molecule has 0 saturated carbocycles. The van der Waals surface area contributed by atoms with Gasteiger partial charge in [0.15, 0.2) is 0 Å². The number of imidazole rings is 1. The summed E-state index contributed by atoms with van der Waals surface area (Å²) in [5.41, 5.74) is 2.23. The quantitative estimate of drug-likeness (QED) is 0.867. The molecule has 3 nitrogen and oxygen atoms in total. The Morgan fingerprint density at radius 2 is 2.12 bits per heavy atom. The van der Waals surface area contributed by atoms with Gasteiger partial charge < -0.3 is 10.1 Å². The first-order valence-electron chi connectivity index (χ1n) is 4.73. The summed E-state index contributed by atoms with van der Waals surface area (Å²) in [6, 6.07) is 5.21. The van der Waals surface area contributed by atoms with Crippen LogP contribution in [-0.4, -0.2) is 15.1 Å². The monoisotopic (exact) mass is 256 g/mol. The maximum atomic E-state index is 9.06. The second-order valence-electron chi connectivity index (χ2n) is 3.44. The van der Waals surface area contributed by atoms with Crippen molar-refractivity contribution in [3.8, 4) is 11.4 Å². The zero-order chi connectivity index (χ0) is 11.7. The van der Waals surface area contributed by atoms with Crippen LogP contribution in [0, 0.1) is 6.92 Å². The SMILES string of the molecule is Cc1[nH]c(-c2ccc(Cl)cc2Cl)nc1CO. The molecule has 2 aromatic rings. The fraction of sp³-hybridized carbons (Fsp3) is 0.182. The summed E-state index contributed by atoms with van der Waals surface area (Å²) in [4.78, 5) is 7.33. The van der Waals surface area contributed by atoms with Crippen molar-refractivity contribution >= 4 is 23.2 Å². The van der Waals surface area contributed by atoms with Crippen molar-refractivity contribution in [2.45, 2.75) is 13.5 Å². The highest BCUT2D eigenvalue weighted by atomic mass is 35.5. The summed E-state index contributed by atoms with van der Waals surface area (Å²) in [6.45, 7) is 1.76. The highest BCUT2D eigenvalue weighted by Crippen LogP contribution is 2.29. The van der Waals surface area contributed by atoms with Gasteiger partial charge in [-0.05, 0) is 25.1 Å². The number of nitrogens with one attached hydrogen (secondary N) is 1. The van der Waals surface area contributed by atoms with Gasteiger partial charge in [0.2, 0.25) is 0 Å². The minimum atomic E-state index is -0.0897. The highest BCUT2D eigenvalue weighted by Gasteiger charge is 2.10. The minimum Gasteiger partial charge on any atom is -0.390 e. The minimum absolute atomic E-state index is 0.0897. The van der Waals surface area contributed by atoms with Crippen molar-refractivity contribution in [1.29, 1.82) is 0 Å². The zero-order valence-electron chi connectivity index (χ0n) is 8.59. The molecule has 1 aromatic carbocycles. The first-order chi connectivity index (χ1) is 7.61. The van der Waals surface area contributed by atoms with Crippen LogP contribution in [-0.2, 0) is 6.61 Å². The molecule has 0 aliphatic carbocycles. The molecule has 0 bridgehead atoms. The predicted molar refractivity (Wildman–Crippen MR) is 64.7 cm³/mol. The Balaban J connectivity index is 2.50. The van der Waals surface area contributed by atoms with E-state index in [9.17, 15) is 0 Å². The van der Waals surface area contributed by atoms with Crippen molar-refractivity contribution in [1.82, 2.24) is 9.97 Å². The smallest absolute Gasteiger partial charge is 0.139 e. The van der Waals surface area contributed by atoms with Crippen LogP contribution >= 0.6 is 23.2 Å². The third-order valence-corrected chi connectivity index (χ3v) is 2.87. The fourth-order valence-electron chi connectivity index (χ4n) is 1.46. The Kier molecular flexibility index (Phi) is 3.19. The molecule has 0 saturated heterocycles. The van der Waals surface area contributed by atoms with Crippen LogP contribution in [0.2, 0.25) is 10.0 Å². The van der Waals surface area contributed by atoms with Gasteiger partial charge in [0.25, 0.3) is 0 Å². The lowest BCUT2D eigenvalue weighted by Crippen LogP contribution is -1.85. The number of H-pyrrole nitrogens is 1. The third kappa shape index (κ3) is 2.07. The van der Waals surface area contributed by atoms with E-state index in [1.807, 2.05) is 6.92 Å². The van der Waals surface area contributed by atoms with E-state index >= 15 is 0 Å². The average molecular weight is 257 g/mol. The van der Waals surface area contributed by atoms with E-state index in [0.29, 0.717) is 21.6 Å². The van der Waals surface area contributed by atoms with E-state index in [4.69, 9.17) is 28.3 Å². The Hall–Kier alpha value is -1.03. The van der Waals surface area contributed by atoms with Crippen LogP contribution in [0.15, 0.2) is 18.2 Å². The first-order valence-corrected chi connectivity index (χ1v) is 5.49. The molecule has 5 heteroatoms. The largest absolute Gasteiger partial charge is 0.390 e. The van der Waals surface area contributed by atoms with Gasteiger partial charge in [-0.25, -0.2) is 4.98 Å². The van der Waals surface area contributed by atoms with E-state index in [0.717, 1.165) is 11.3 Å². The molecule has 0 spiro atoms. The number of aryl methyl sites for hydroxylation is 1. The molecule has 1 aromatic heterocycles. The molecule has 16 heavy (non-hydrogen) atoms. The fourth-order valence-corrected chi connectivity index (χ4v) is 1.96. The second-order valence-corrected chi connectivity index (χ2v) is 4.28. The number of aromatic amines is 1.